The van der Waals surface area contributed by atoms with Crippen molar-refractivity contribution in [1.29, 1.82) is 0 Å². The van der Waals surface area contributed by atoms with Crippen molar-refractivity contribution in [2.24, 2.45) is 5.41 Å². The largest absolute Gasteiger partial charge is 0.338 e. The molecule has 6 heteroatoms. The van der Waals surface area contributed by atoms with E-state index in [2.05, 4.69) is 20.9 Å². The first kappa shape index (κ1) is 14.3. The average Bonchev–Trinajstić information content (AvgIpc) is 2.98. The maximum Gasteiger partial charge on any atom is 0.321 e. The van der Waals surface area contributed by atoms with Crippen molar-refractivity contribution >= 4 is 11.9 Å². The molecule has 19 heavy (non-hydrogen) atoms. The molecule has 1 unspecified atom stereocenters. The molecule has 0 radical (unpaired) electrons. The van der Waals surface area contributed by atoms with Crippen LogP contribution in [-0.2, 0) is 4.79 Å². The minimum Gasteiger partial charge on any atom is -0.338 e. The van der Waals surface area contributed by atoms with Gasteiger partial charge in [0.25, 0.3) is 0 Å². The SMILES string of the molecule is CCCNC(=O)NC(=O)CN1CCC2(CCNC2)C1. The van der Waals surface area contributed by atoms with Gasteiger partial charge < -0.3 is 10.6 Å². The van der Waals surface area contributed by atoms with Gasteiger partial charge in [-0.2, -0.15) is 0 Å². The van der Waals surface area contributed by atoms with E-state index in [1.54, 1.807) is 0 Å². The Labute approximate surface area is 114 Å². The summed E-state index contributed by atoms with van der Waals surface area (Å²) >= 11 is 0. The lowest BCUT2D eigenvalue weighted by atomic mass is 9.87. The molecule has 2 fully saturated rings. The Morgan fingerprint density at radius 1 is 1.37 bits per heavy atom. The van der Waals surface area contributed by atoms with E-state index in [0.717, 1.165) is 39.0 Å². The van der Waals surface area contributed by atoms with Crippen LogP contribution in [-0.4, -0.2) is 56.1 Å². The maximum atomic E-state index is 11.7. The lowest BCUT2D eigenvalue weighted by Crippen LogP contribution is -2.44. The van der Waals surface area contributed by atoms with Gasteiger partial charge in [0.15, 0.2) is 0 Å². The van der Waals surface area contributed by atoms with Crippen molar-refractivity contribution in [3.63, 3.8) is 0 Å². The van der Waals surface area contributed by atoms with Crippen molar-refractivity contribution in [2.75, 3.05) is 39.3 Å². The number of urea groups is 1. The first-order chi connectivity index (χ1) is 9.13. The third-order valence-electron chi connectivity index (χ3n) is 4.01. The quantitative estimate of drug-likeness (QED) is 0.666. The number of hydrogen-bond acceptors (Lipinski definition) is 4. The summed E-state index contributed by atoms with van der Waals surface area (Å²) in [6, 6.07) is -0.386. The fraction of sp³-hybridized carbons (Fsp3) is 0.846. The second-order valence-corrected chi connectivity index (χ2v) is 5.69. The number of nitrogens with one attached hydrogen (secondary N) is 3. The Hall–Kier alpha value is -1.14. The minimum atomic E-state index is -0.386. The number of nitrogens with zero attached hydrogens (tertiary/aromatic N) is 1. The van der Waals surface area contributed by atoms with Crippen molar-refractivity contribution in [3.05, 3.63) is 0 Å². The Bertz CT molecular complexity index is 340. The second kappa shape index (κ2) is 6.34. The summed E-state index contributed by atoms with van der Waals surface area (Å²) in [5, 5.41) is 8.40. The summed E-state index contributed by atoms with van der Waals surface area (Å²) < 4.78 is 0. The zero-order chi connectivity index (χ0) is 13.7. The number of carbonyl (C=O) groups excluding carboxylic acids is 2. The van der Waals surface area contributed by atoms with Crippen LogP contribution in [0.5, 0.6) is 0 Å². The molecule has 2 aliphatic heterocycles. The van der Waals surface area contributed by atoms with Crippen LogP contribution in [0.25, 0.3) is 0 Å². The number of likely N-dealkylation sites (tertiary alicyclic amines) is 1. The molecule has 2 heterocycles. The molecular weight excluding hydrogens is 244 g/mol. The molecule has 3 N–H and O–H groups in total. The molecule has 0 saturated carbocycles. The van der Waals surface area contributed by atoms with E-state index in [-0.39, 0.29) is 11.9 Å². The zero-order valence-corrected chi connectivity index (χ0v) is 11.6. The average molecular weight is 268 g/mol. The number of amides is 3. The van der Waals surface area contributed by atoms with Gasteiger partial charge in [-0.15, -0.1) is 0 Å². The third kappa shape index (κ3) is 3.91. The van der Waals surface area contributed by atoms with Crippen molar-refractivity contribution in [3.8, 4) is 0 Å². The van der Waals surface area contributed by atoms with Crippen LogP contribution < -0.4 is 16.0 Å². The van der Waals surface area contributed by atoms with Gasteiger partial charge in [0.1, 0.15) is 0 Å². The number of carbonyl (C=O) groups is 2. The van der Waals surface area contributed by atoms with Crippen molar-refractivity contribution in [2.45, 2.75) is 26.2 Å². The monoisotopic (exact) mass is 268 g/mol. The van der Waals surface area contributed by atoms with Gasteiger partial charge in [0.2, 0.25) is 5.91 Å². The van der Waals surface area contributed by atoms with E-state index < -0.39 is 0 Å². The molecule has 1 spiro atoms. The normalized spacial score (nSPS) is 26.8. The molecule has 3 amide bonds. The predicted octanol–water partition coefficient (Wildman–Crippen LogP) is -0.0924. The Morgan fingerprint density at radius 3 is 2.89 bits per heavy atom. The molecule has 2 aliphatic rings. The van der Waals surface area contributed by atoms with Crippen LogP contribution in [0.3, 0.4) is 0 Å². The summed E-state index contributed by atoms with van der Waals surface area (Å²) in [5.41, 5.74) is 0.366. The van der Waals surface area contributed by atoms with E-state index >= 15 is 0 Å². The standard InChI is InChI=1S/C13H24N4O2/c1-2-5-15-12(19)16-11(18)8-17-7-4-13(10-17)3-6-14-9-13/h14H,2-10H2,1H3,(H2,15,16,18,19). The molecule has 2 saturated heterocycles. The molecule has 0 bridgehead atoms. The Morgan fingerprint density at radius 2 is 2.21 bits per heavy atom. The van der Waals surface area contributed by atoms with Gasteiger partial charge in [-0.25, -0.2) is 4.79 Å². The van der Waals surface area contributed by atoms with Crippen LogP contribution in [0, 0.1) is 5.41 Å². The summed E-state index contributed by atoms with van der Waals surface area (Å²) in [6.45, 7) is 6.94. The summed E-state index contributed by atoms with van der Waals surface area (Å²) in [7, 11) is 0. The van der Waals surface area contributed by atoms with Gasteiger partial charge in [-0.1, -0.05) is 6.92 Å². The number of hydrogen-bond donors (Lipinski definition) is 3. The molecule has 108 valence electrons. The van der Waals surface area contributed by atoms with Crippen LogP contribution >= 0.6 is 0 Å². The van der Waals surface area contributed by atoms with Gasteiger partial charge >= 0.3 is 6.03 Å². The smallest absolute Gasteiger partial charge is 0.321 e. The highest BCUT2D eigenvalue weighted by atomic mass is 16.2. The fourth-order valence-electron chi connectivity index (χ4n) is 2.96. The molecule has 0 aromatic carbocycles. The van der Waals surface area contributed by atoms with Crippen LogP contribution in [0.15, 0.2) is 0 Å². The van der Waals surface area contributed by atoms with E-state index in [4.69, 9.17) is 0 Å². The van der Waals surface area contributed by atoms with E-state index in [1.807, 2.05) is 6.92 Å². The fourth-order valence-corrected chi connectivity index (χ4v) is 2.96. The van der Waals surface area contributed by atoms with E-state index in [1.165, 1.54) is 6.42 Å². The van der Waals surface area contributed by atoms with Crippen LogP contribution in [0.2, 0.25) is 0 Å². The first-order valence-electron chi connectivity index (χ1n) is 7.14. The zero-order valence-electron chi connectivity index (χ0n) is 11.6. The second-order valence-electron chi connectivity index (χ2n) is 5.69. The summed E-state index contributed by atoms with van der Waals surface area (Å²) in [5.74, 6) is -0.211. The van der Waals surface area contributed by atoms with Gasteiger partial charge in [-0.05, 0) is 37.8 Å². The lowest BCUT2D eigenvalue weighted by Gasteiger charge is -2.22. The topological polar surface area (TPSA) is 73.5 Å². The highest BCUT2D eigenvalue weighted by molar-refractivity contribution is 5.95. The van der Waals surface area contributed by atoms with Gasteiger partial charge in [0.05, 0.1) is 6.54 Å². The highest BCUT2D eigenvalue weighted by Gasteiger charge is 2.40. The molecule has 2 rings (SSSR count). The predicted molar refractivity (Wildman–Crippen MR) is 72.8 cm³/mol. The van der Waals surface area contributed by atoms with E-state index in [9.17, 15) is 9.59 Å². The Kier molecular flexibility index (Phi) is 4.76. The molecule has 6 nitrogen and oxygen atoms in total. The highest BCUT2D eigenvalue weighted by Crippen LogP contribution is 2.35. The summed E-state index contributed by atoms with van der Waals surface area (Å²) in [6.07, 6.45) is 3.21. The van der Waals surface area contributed by atoms with Crippen molar-refractivity contribution < 1.29 is 9.59 Å². The Balaban J connectivity index is 1.70. The number of imide groups is 1. The van der Waals surface area contributed by atoms with Crippen molar-refractivity contribution in [1.82, 2.24) is 20.9 Å². The van der Waals surface area contributed by atoms with Crippen LogP contribution in [0.1, 0.15) is 26.2 Å². The lowest BCUT2D eigenvalue weighted by molar-refractivity contribution is -0.121. The first-order valence-corrected chi connectivity index (χ1v) is 7.14. The molecular formula is C13H24N4O2. The molecule has 0 aromatic heterocycles. The summed E-state index contributed by atoms with van der Waals surface area (Å²) in [4.78, 5) is 25.3. The minimum absolute atomic E-state index is 0.211. The third-order valence-corrected chi connectivity index (χ3v) is 4.01. The molecule has 1 atom stereocenters. The van der Waals surface area contributed by atoms with Gasteiger partial charge in [0, 0.05) is 19.6 Å². The molecule has 0 aromatic rings. The van der Waals surface area contributed by atoms with E-state index in [0.29, 0.717) is 18.5 Å². The van der Waals surface area contributed by atoms with Crippen LogP contribution in [0.4, 0.5) is 4.79 Å². The number of rotatable bonds is 4. The molecule has 0 aliphatic carbocycles. The van der Waals surface area contributed by atoms with Gasteiger partial charge in [-0.3, -0.25) is 15.0 Å². The maximum absolute atomic E-state index is 11.7.